The number of hydrogen-bond acceptors (Lipinski definition) is 3. The molecule has 130 valence electrons. The molecule has 0 spiro atoms. The molecule has 1 amide bonds. The fourth-order valence-corrected chi connectivity index (χ4v) is 3.00. The van der Waals surface area contributed by atoms with E-state index in [1.807, 2.05) is 6.92 Å². The molecule has 0 radical (unpaired) electrons. The number of nitrogens with one attached hydrogen (secondary N) is 1. The highest BCUT2D eigenvalue weighted by Gasteiger charge is 2.18. The molecule has 0 saturated heterocycles. The molecule has 0 unspecified atom stereocenters. The van der Waals surface area contributed by atoms with Crippen molar-refractivity contribution >= 4 is 39.1 Å². The molecule has 3 rings (SSSR count). The van der Waals surface area contributed by atoms with Crippen LogP contribution >= 0.6 is 27.5 Å². The van der Waals surface area contributed by atoms with Crippen molar-refractivity contribution in [2.45, 2.75) is 13.5 Å². The Balaban J connectivity index is 1.73. The lowest BCUT2D eigenvalue weighted by molar-refractivity contribution is 0.102. The van der Waals surface area contributed by atoms with E-state index in [0.717, 1.165) is 11.3 Å². The van der Waals surface area contributed by atoms with E-state index >= 15 is 0 Å². The standard InChI is InChI=1S/C16H14BrClFN5O/c1-9-14(17)15(22-23(9)2)16(25)21-12-6-20-24(8-12)7-10-3-4-11(19)5-13(10)18/h3-6,8H,7H2,1-2H3,(H,21,25). The van der Waals surface area contributed by atoms with Crippen LogP contribution in [0.4, 0.5) is 10.1 Å². The van der Waals surface area contributed by atoms with E-state index in [1.165, 1.54) is 18.3 Å². The van der Waals surface area contributed by atoms with Crippen molar-refractivity contribution < 1.29 is 9.18 Å². The van der Waals surface area contributed by atoms with E-state index in [-0.39, 0.29) is 5.91 Å². The minimum Gasteiger partial charge on any atom is -0.318 e. The minimum atomic E-state index is -0.390. The van der Waals surface area contributed by atoms with Gasteiger partial charge in [-0.2, -0.15) is 10.2 Å². The number of aryl methyl sites for hydroxylation is 1. The summed E-state index contributed by atoms with van der Waals surface area (Å²) < 4.78 is 17.0. The van der Waals surface area contributed by atoms with Crippen LogP contribution in [0.25, 0.3) is 0 Å². The molecule has 9 heteroatoms. The Morgan fingerprint density at radius 1 is 1.44 bits per heavy atom. The first-order valence-corrected chi connectivity index (χ1v) is 8.49. The number of benzene rings is 1. The number of anilines is 1. The molecule has 2 aromatic heterocycles. The van der Waals surface area contributed by atoms with Gasteiger partial charge in [-0.25, -0.2) is 4.39 Å². The highest BCUT2D eigenvalue weighted by atomic mass is 79.9. The smallest absolute Gasteiger partial charge is 0.277 e. The van der Waals surface area contributed by atoms with Crippen molar-refractivity contribution in [2.75, 3.05) is 5.32 Å². The second-order valence-electron chi connectivity index (χ2n) is 5.49. The number of aromatic nitrogens is 4. The maximum absolute atomic E-state index is 13.1. The molecule has 0 aliphatic rings. The Morgan fingerprint density at radius 3 is 2.84 bits per heavy atom. The van der Waals surface area contributed by atoms with Gasteiger partial charge in [0.1, 0.15) is 5.82 Å². The van der Waals surface area contributed by atoms with Crippen molar-refractivity contribution in [3.8, 4) is 0 Å². The fraction of sp³-hybridized carbons (Fsp3) is 0.188. The quantitative estimate of drug-likeness (QED) is 0.690. The van der Waals surface area contributed by atoms with Crippen LogP contribution in [-0.2, 0) is 13.6 Å². The molecule has 3 aromatic rings. The van der Waals surface area contributed by atoms with E-state index < -0.39 is 5.82 Å². The monoisotopic (exact) mass is 425 g/mol. The average Bonchev–Trinajstić information content (AvgIpc) is 3.10. The van der Waals surface area contributed by atoms with Gasteiger partial charge < -0.3 is 5.32 Å². The van der Waals surface area contributed by atoms with Crippen molar-refractivity contribution in [1.29, 1.82) is 0 Å². The van der Waals surface area contributed by atoms with E-state index in [1.54, 1.807) is 28.7 Å². The van der Waals surface area contributed by atoms with Gasteiger partial charge in [0, 0.05) is 18.3 Å². The lowest BCUT2D eigenvalue weighted by Crippen LogP contribution is -2.13. The van der Waals surface area contributed by atoms with Crippen molar-refractivity contribution in [1.82, 2.24) is 19.6 Å². The summed E-state index contributed by atoms with van der Waals surface area (Å²) in [6.45, 7) is 2.22. The van der Waals surface area contributed by atoms with Gasteiger partial charge in [-0.3, -0.25) is 14.2 Å². The Kier molecular flexibility index (Phi) is 4.91. The number of amides is 1. The molecule has 1 N–H and O–H groups in total. The van der Waals surface area contributed by atoms with Crippen LogP contribution in [0, 0.1) is 12.7 Å². The third-order valence-corrected chi connectivity index (χ3v) is 5.02. The molecule has 1 aromatic carbocycles. The van der Waals surface area contributed by atoms with Gasteiger partial charge in [-0.15, -0.1) is 0 Å². The van der Waals surface area contributed by atoms with Crippen LogP contribution in [0.2, 0.25) is 5.02 Å². The normalized spacial score (nSPS) is 10.9. The Hall–Kier alpha value is -2.19. The summed E-state index contributed by atoms with van der Waals surface area (Å²) in [5.74, 6) is -0.728. The van der Waals surface area contributed by atoms with Gasteiger partial charge in [0.2, 0.25) is 0 Å². The lowest BCUT2D eigenvalue weighted by Gasteiger charge is -2.04. The third kappa shape index (κ3) is 3.74. The van der Waals surface area contributed by atoms with Crippen LogP contribution in [0.3, 0.4) is 0 Å². The summed E-state index contributed by atoms with van der Waals surface area (Å²) >= 11 is 9.39. The van der Waals surface area contributed by atoms with Gasteiger partial charge in [-0.1, -0.05) is 17.7 Å². The second-order valence-corrected chi connectivity index (χ2v) is 6.69. The van der Waals surface area contributed by atoms with Crippen LogP contribution in [0.1, 0.15) is 21.7 Å². The highest BCUT2D eigenvalue weighted by Crippen LogP contribution is 2.22. The number of rotatable bonds is 4. The van der Waals surface area contributed by atoms with E-state index in [0.29, 0.717) is 27.4 Å². The van der Waals surface area contributed by atoms with Gasteiger partial charge in [0.15, 0.2) is 5.69 Å². The zero-order valence-electron chi connectivity index (χ0n) is 13.4. The fourth-order valence-electron chi connectivity index (χ4n) is 2.26. The molecule has 0 bridgehead atoms. The molecule has 0 aliphatic heterocycles. The summed E-state index contributed by atoms with van der Waals surface area (Å²) in [6.07, 6.45) is 3.19. The van der Waals surface area contributed by atoms with Crippen LogP contribution < -0.4 is 5.32 Å². The molecule has 2 heterocycles. The summed E-state index contributed by atoms with van der Waals surface area (Å²) in [6, 6.07) is 4.20. The van der Waals surface area contributed by atoms with Gasteiger partial charge in [0.05, 0.1) is 28.6 Å². The first kappa shape index (κ1) is 17.6. The first-order valence-electron chi connectivity index (χ1n) is 7.32. The molecular formula is C16H14BrClFN5O. The van der Waals surface area contributed by atoms with Crippen LogP contribution in [0.5, 0.6) is 0 Å². The predicted octanol–water partition coefficient (Wildman–Crippen LogP) is 3.78. The van der Waals surface area contributed by atoms with Gasteiger partial charge >= 0.3 is 0 Å². The Labute approximate surface area is 156 Å². The molecule has 6 nitrogen and oxygen atoms in total. The van der Waals surface area contributed by atoms with Crippen molar-refractivity contribution in [2.24, 2.45) is 7.05 Å². The summed E-state index contributed by atoms with van der Waals surface area (Å²) in [7, 11) is 1.77. The number of nitrogens with zero attached hydrogens (tertiary/aromatic N) is 4. The number of hydrogen-bond donors (Lipinski definition) is 1. The molecule has 0 saturated carbocycles. The van der Waals surface area contributed by atoms with E-state index in [4.69, 9.17) is 11.6 Å². The zero-order valence-corrected chi connectivity index (χ0v) is 15.8. The topological polar surface area (TPSA) is 64.7 Å². The Bertz CT molecular complexity index is 952. The average molecular weight is 427 g/mol. The van der Waals surface area contributed by atoms with Gasteiger partial charge in [0.25, 0.3) is 5.91 Å². The minimum absolute atomic E-state index is 0.300. The maximum Gasteiger partial charge on any atom is 0.277 e. The van der Waals surface area contributed by atoms with Crippen molar-refractivity contribution in [3.63, 3.8) is 0 Å². The lowest BCUT2D eigenvalue weighted by atomic mass is 10.2. The third-order valence-electron chi connectivity index (χ3n) is 3.71. The molecule has 0 fully saturated rings. The summed E-state index contributed by atoms with van der Waals surface area (Å²) in [5, 5.41) is 11.4. The van der Waals surface area contributed by atoms with E-state index in [9.17, 15) is 9.18 Å². The molecule has 25 heavy (non-hydrogen) atoms. The first-order chi connectivity index (χ1) is 11.8. The van der Waals surface area contributed by atoms with E-state index in [2.05, 4.69) is 31.4 Å². The van der Waals surface area contributed by atoms with Gasteiger partial charge in [-0.05, 0) is 40.5 Å². The molecule has 0 aliphatic carbocycles. The van der Waals surface area contributed by atoms with Crippen LogP contribution in [0.15, 0.2) is 35.1 Å². The second kappa shape index (κ2) is 6.97. The number of carbonyl (C=O) groups is 1. The number of carbonyl (C=O) groups excluding carboxylic acids is 1. The SMILES string of the molecule is Cc1c(Br)c(C(=O)Nc2cnn(Cc3ccc(F)cc3Cl)c2)nn1C. The van der Waals surface area contributed by atoms with Crippen molar-refractivity contribution in [3.05, 3.63) is 62.9 Å². The highest BCUT2D eigenvalue weighted by molar-refractivity contribution is 9.10. The number of halogens is 3. The molecule has 0 atom stereocenters. The Morgan fingerprint density at radius 2 is 2.20 bits per heavy atom. The summed E-state index contributed by atoms with van der Waals surface area (Å²) in [4.78, 5) is 12.3. The zero-order chi connectivity index (χ0) is 18.1. The largest absolute Gasteiger partial charge is 0.318 e. The van der Waals surface area contributed by atoms with Crippen LogP contribution in [-0.4, -0.2) is 25.5 Å². The molecular weight excluding hydrogens is 413 g/mol. The predicted molar refractivity (Wildman–Crippen MR) is 96.3 cm³/mol. The maximum atomic E-state index is 13.1. The summed E-state index contributed by atoms with van der Waals surface area (Å²) in [5.41, 5.74) is 2.41.